The van der Waals surface area contributed by atoms with E-state index in [1.807, 2.05) is 60.4 Å². The van der Waals surface area contributed by atoms with E-state index in [1.54, 1.807) is 0 Å². The molecule has 3 heterocycles. The van der Waals surface area contributed by atoms with Crippen LogP contribution in [0.25, 0.3) is 22.4 Å². The molecular formula is C24H24N4O3. The van der Waals surface area contributed by atoms with Gasteiger partial charge in [0.1, 0.15) is 5.69 Å². The summed E-state index contributed by atoms with van der Waals surface area (Å²) in [7, 11) is 0. The fraction of sp³-hybridized carbons (Fsp3) is 0.333. The summed E-state index contributed by atoms with van der Waals surface area (Å²) in [6.07, 6.45) is 2.94. The number of hydrogen-bond acceptors (Lipinski definition) is 6. The van der Waals surface area contributed by atoms with E-state index < -0.39 is 0 Å². The Bertz CT molecular complexity index is 1210. The molecule has 2 aromatic heterocycles. The van der Waals surface area contributed by atoms with Crippen LogP contribution < -0.4 is 0 Å². The predicted molar refractivity (Wildman–Crippen MR) is 115 cm³/mol. The number of benzene rings is 2. The van der Waals surface area contributed by atoms with Gasteiger partial charge in [0.25, 0.3) is 0 Å². The monoisotopic (exact) mass is 416 g/mol. The first kappa shape index (κ1) is 19.5. The minimum atomic E-state index is 0.0786. The molecule has 1 aliphatic heterocycles. The average molecular weight is 416 g/mol. The van der Waals surface area contributed by atoms with Crippen molar-refractivity contribution in [2.75, 3.05) is 13.1 Å². The summed E-state index contributed by atoms with van der Waals surface area (Å²) in [5, 5.41) is 9.16. The van der Waals surface area contributed by atoms with Gasteiger partial charge in [-0.05, 0) is 43.4 Å². The predicted octanol–water partition coefficient (Wildman–Crippen LogP) is 4.21. The van der Waals surface area contributed by atoms with Crippen molar-refractivity contribution in [1.82, 2.24) is 20.2 Å². The largest absolute Gasteiger partial charge is 0.356 e. The number of amides is 1. The highest BCUT2D eigenvalue weighted by atomic mass is 16.5. The van der Waals surface area contributed by atoms with Gasteiger partial charge in [0.05, 0.1) is 6.42 Å². The Kier molecular flexibility index (Phi) is 5.24. The summed E-state index contributed by atoms with van der Waals surface area (Å²) in [5.41, 5.74) is 3.51. The van der Waals surface area contributed by atoms with Crippen LogP contribution in [0.3, 0.4) is 0 Å². The molecule has 1 aliphatic rings. The number of likely N-dealkylation sites (tertiary alicyclic amines) is 1. The molecule has 2 aromatic carbocycles. The van der Waals surface area contributed by atoms with Gasteiger partial charge in [-0.15, -0.1) is 0 Å². The van der Waals surface area contributed by atoms with Crippen molar-refractivity contribution in [3.8, 4) is 11.4 Å². The maximum Gasteiger partial charge on any atom is 0.228 e. The molecule has 0 unspecified atom stereocenters. The molecule has 0 saturated carbocycles. The van der Waals surface area contributed by atoms with Crippen molar-refractivity contribution in [1.29, 1.82) is 0 Å². The Hall–Kier alpha value is -3.48. The molecule has 0 spiro atoms. The molecular weight excluding hydrogens is 392 g/mol. The molecule has 31 heavy (non-hydrogen) atoms. The number of para-hydroxylation sites is 1. The Morgan fingerprint density at radius 1 is 1.10 bits per heavy atom. The number of hydrogen-bond donors (Lipinski definition) is 0. The number of carbonyl (C=O) groups is 1. The van der Waals surface area contributed by atoms with Crippen molar-refractivity contribution in [2.45, 2.75) is 32.6 Å². The highest BCUT2D eigenvalue weighted by Gasteiger charge is 2.26. The van der Waals surface area contributed by atoms with Crippen molar-refractivity contribution >= 4 is 16.9 Å². The van der Waals surface area contributed by atoms with Crippen LogP contribution in [-0.2, 0) is 17.6 Å². The van der Waals surface area contributed by atoms with Crippen LogP contribution in [0.1, 0.15) is 30.0 Å². The van der Waals surface area contributed by atoms with Crippen LogP contribution in [0.2, 0.25) is 0 Å². The van der Waals surface area contributed by atoms with Crippen LogP contribution in [0.5, 0.6) is 0 Å². The SMILES string of the molecule is Cc1ccccc1-c1noc(C[C@@H]2CCCN(C(=O)Cc3noc4ccccc34)C2)n1. The number of piperidine rings is 1. The van der Waals surface area contributed by atoms with E-state index >= 15 is 0 Å². The molecule has 4 aromatic rings. The smallest absolute Gasteiger partial charge is 0.228 e. The van der Waals surface area contributed by atoms with Gasteiger partial charge in [-0.1, -0.05) is 46.7 Å². The zero-order chi connectivity index (χ0) is 21.2. The highest BCUT2D eigenvalue weighted by Crippen LogP contribution is 2.25. The molecule has 158 valence electrons. The summed E-state index contributed by atoms with van der Waals surface area (Å²) in [5.74, 6) is 1.63. The minimum absolute atomic E-state index is 0.0786. The Balaban J connectivity index is 1.23. The van der Waals surface area contributed by atoms with Crippen LogP contribution in [0.4, 0.5) is 0 Å². The van der Waals surface area contributed by atoms with E-state index in [0.717, 1.165) is 35.9 Å². The molecule has 1 amide bonds. The van der Waals surface area contributed by atoms with Crippen molar-refractivity contribution in [2.24, 2.45) is 5.92 Å². The van der Waals surface area contributed by atoms with Crippen LogP contribution in [0, 0.1) is 12.8 Å². The Morgan fingerprint density at radius 2 is 1.94 bits per heavy atom. The van der Waals surface area contributed by atoms with Crippen molar-refractivity contribution in [3.63, 3.8) is 0 Å². The normalized spacial score (nSPS) is 16.7. The van der Waals surface area contributed by atoms with Gasteiger partial charge in [0.15, 0.2) is 5.58 Å². The first-order valence-corrected chi connectivity index (χ1v) is 10.7. The maximum absolute atomic E-state index is 12.9. The summed E-state index contributed by atoms with van der Waals surface area (Å²) < 4.78 is 10.9. The number of rotatable bonds is 5. The lowest BCUT2D eigenvalue weighted by molar-refractivity contribution is -0.132. The molecule has 7 heteroatoms. The number of carbonyl (C=O) groups excluding carboxylic acids is 1. The number of aromatic nitrogens is 3. The topological polar surface area (TPSA) is 85.3 Å². The van der Waals surface area contributed by atoms with E-state index in [-0.39, 0.29) is 12.3 Å². The van der Waals surface area contributed by atoms with Gasteiger partial charge in [-0.2, -0.15) is 4.98 Å². The molecule has 7 nitrogen and oxygen atoms in total. The fourth-order valence-electron chi connectivity index (χ4n) is 4.30. The molecule has 1 atom stereocenters. The molecule has 1 fully saturated rings. The second-order valence-electron chi connectivity index (χ2n) is 8.18. The summed E-state index contributed by atoms with van der Waals surface area (Å²) >= 11 is 0. The van der Waals surface area contributed by atoms with Gasteiger partial charge in [-0.25, -0.2) is 0 Å². The summed E-state index contributed by atoms with van der Waals surface area (Å²) in [6.45, 7) is 3.49. The van der Waals surface area contributed by atoms with Crippen LogP contribution in [-0.4, -0.2) is 39.2 Å². The Labute approximate surface area is 180 Å². The van der Waals surface area contributed by atoms with Crippen LogP contribution >= 0.6 is 0 Å². The first-order valence-electron chi connectivity index (χ1n) is 10.7. The minimum Gasteiger partial charge on any atom is -0.356 e. The molecule has 0 bridgehead atoms. The van der Waals surface area contributed by atoms with E-state index in [4.69, 9.17) is 9.05 Å². The van der Waals surface area contributed by atoms with Gasteiger partial charge >= 0.3 is 0 Å². The van der Waals surface area contributed by atoms with Crippen LogP contribution in [0.15, 0.2) is 57.6 Å². The summed E-state index contributed by atoms with van der Waals surface area (Å²) in [4.78, 5) is 19.5. The van der Waals surface area contributed by atoms with Gasteiger partial charge in [0, 0.05) is 30.5 Å². The van der Waals surface area contributed by atoms with Gasteiger partial charge in [0.2, 0.25) is 17.6 Å². The Morgan fingerprint density at radius 3 is 2.84 bits per heavy atom. The lowest BCUT2D eigenvalue weighted by Gasteiger charge is -2.32. The molecule has 0 aliphatic carbocycles. The van der Waals surface area contributed by atoms with Crippen molar-refractivity contribution < 1.29 is 13.8 Å². The number of aryl methyl sites for hydroxylation is 1. The third kappa shape index (κ3) is 4.08. The summed E-state index contributed by atoms with van der Waals surface area (Å²) in [6, 6.07) is 15.6. The number of fused-ring (bicyclic) bond motifs is 1. The van der Waals surface area contributed by atoms with E-state index in [2.05, 4.69) is 15.3 Å². The number of nitrogens with zero attached hydrogens (tertiary/aromatic N) is 4. The maximum atomic E-state index is 12.9. The molecule has 0 N–H and O–H groups in total. The van der Waals surface area contributed by atoms with E-state index in [9.17, 15) is 4.79 Å². The lowest BCUT2D eigenvalue weighted by Crippen LogP contribution is -2.41. The van der Waals surface area contributed by atoms with Crippen molar-refractivity contribution in [3.05, 3.63) is 65.7 Å². The van der Waals surface area contributed by atoms with E-state index in [1.165, 1.54) is 0 Å². The molecule has 1 saturated heterocycles. The first-order chi connectivity index (χ1) is 15.2. The molecule has 5 rings (SSSR count). The fourth-order valence-corrected chi connectivity index (χ4v) is 4.30. The van der Waals surface area contributed by atoms with E-state index in [0.29, 0.717) is 41.9 Å². The lowest BCUT2D eigenvalue weighted by atomic mass is 9.94. The average Bonchev–Trinajstić information content (AvgIpc) is 3.42. The second kappa shape index (κ2) is 8.34. The van der Waals surface area contributed by atoms with Gasteiger partial charge < -0.3 is 13.9 Å². The third-order valence-electron chi connectivity index (χ3n) is 5.96. The highest BCUT2D eigenvalue weighted by molar-refractivity contribution is 5.86. The molecule has 0 radical (unpaired) electrons. The standard InChI is InChI=1S/C24H24N4O3/c1-16-7-2-3-9-18(16)24-25-22(31-27-24)13-17-8-6-12-28(15-17)23(29)14-20-19-10-4-5-11-21(19)30-26-20/h2-5,7,9-11,17H,6,8,12-15H2,1H3/t17-/m0/s1. The van der Waals surface area contributed by atoms with Gasteiger partial charge in [-0.3, -0.25) is 4.79 Å². The second-order valence-corrected chi connectivity index (χ2v) is 8.18. The third-order valence-corrected chi connectivity index (χ3v) is 5.96. The zero-order valence-corrected chi connectivity index (χ0v) is 17.5. The zero-order valence-electron chi connectivity index (χ0n) is 17.5. The quantitative estimate of drug-likeness (QED) is 0.484.